The van der Waals surface area contributed by atoms with Crippen LogP contribution in [0.2, 0.25) is 10.0 Å². The summed E-state index contributed by atoms with van der Waals surface area (Å²) in [5.41, 5.74) is 4.84. The zero-order valence-corrected chi connectivity index (χ0v) is 28.4. The maximum absolute atomic E-state index is 13.6. The zero-order valence-electron chi connectivity index (χ0n) is 26.9. The fourth-order valence-corrected chi connectivity index (χ4v) is 6.91. The molecule has 2 amide bonds. The molecule has 1 N–H and O–H groups in total. The molecule has 1 fully saturated rings. The number of aromatic nitrogens is 3. The Morgan fingerprint density at radius 2 is 1.38 bits per heavy atom. The van der Waals surface area contributed by atoms with Crippen LogP contribution in [0.25, 0.3) is 11.0 Å². The van der Waals surface area contributed by atoms with Crippen molar-refractivity contribution in [2.45, 2.75) is 12.6 Å². The van der Waals surface area contributed by atoms with E-state index in [1.165, 1.54) is 23.5 Å². The highest BCUT2D eigenvalue weighted by Gasteiger charge is 2.29. The van der Waals surface area contributed by atoms with E-state index in [1.807, 2.05) is 45.9 Å². The monoisotopic (exact) mass is 702 g/mol. The van der Waals surface area contributed by atoms with Gasteiger partial charge >= 0.3 is 0 Å². The summed E-state index contributed by atoms with van der Waals surface area (Å²) in [4.78, 5) is 52.6. The van der Waals surface area contributed by atoms with E-state index in [-0.39, 0.29) is 33.2 Å². The molecule has 1 saturated heterocycles. The number of hydrogen-bond acceptors (Lipinski definition) is 6. The number of amides is 2. The lowest BCUT2D eigenvalue weighted by molar-refractivity contribution is -0.112. The number of anilines is 1. The molecule has 0 atom stereocenters. The van der Waals surface area contributed by atoms with Crippen molar-refractivity contribution in [1.82, 2.24) is 24.3 Å². The van der Waals surface area contributed by atoms with E-state index in [2.05, 4.69) is 68.7 Å². The number of piperazine rings is 1. The molecule has 9 nitrogen and oxygen atoms in total. The number of nitrogens with zero attached hydrogens (tertiary/aromatic N) is 5. The van der Waals surface area contributed by atoms with E-state index in [4.69, 9.17) is 23.2 Å². The van der Waals surface area contributed by atoms with Crippen LogP contribution < -0.4 is 5.32 Å². The van der Waals surface area contributed by atoms with Gasteiger partial charge in [-0.3, -0.25) is 24.3 Å². The fraction of sp³-hybridized carbons (Fsp3) is 0.154. The Bertz CT molecular complexity index is 2110. The molecule has 3 aromatic heterocycles. The Kier molecular flexibility index (Phi) is 9.71. The van der Waals surface area contributed by atoms with Gasteiger partial charge in [0.1, 0.15) is 5.65 Å². The number of fused-ring (bicyclic) bond motifs is 1. The predicted octanol–water partition coefficient (Wildman–Crippen LogP) is 7.16. The van der Waals surface area contributed by atoms with Crippen LogP contribution in [0.3, 0.4) is 0 Å². The number of nitrogens with one attached hydrogen (secondary N) is 1. The lowest BCUT2D eigenvalue weighted by Gasteiger charge is -2.39. The van der Waals surface area contributed by atoms with Gasteiger partial charge in [0, 0.05) is 68.5 Å². The number of hydrogen-bond donors (Lipinski definition) is 1. The molecule has 50 heavy (non-hydrogen) atoms. The quantitative estimate of drug-likeness (QED) is 0.127. The summed E-state index contributed by atoms with van der Waals surface area (Å²) < 4.78 is 1.81. The van der Waals surface area contributed by atoms with Crippen LogP contribution in [0.15, 0.2) is 122 Å². The number of carbonyl (C=O) groups is 3. The van der Waals surface area contributed by atoms with E-state index in [1.54, 1.807) is 24.5 Å². The number of ketones is 1. The van der Waals surface area contributed by atoms with Crippen molar-refractivity contribution < 1.29 is 14.4 Å². The number of carbonyl (C=O) groups excluding carboxylic acids is 3. The van der Waals surface area contributed by atoms with Gasteiger partial charge in [0.25, 0.3) is 17.6 Å². The predicted molar refractivity (Wildman–Crippen MR) is 195 cm³/mol. The molecule has 0 bridgehead atoms. The molecule has 3 aromatic carbocycles. The van der Waals surface area contributed by atoms with Crippen LogP contribution in [-0.2, 0) is 11.3 Å². The van der Waals surface area contributed by atoms with Gasteiger partial charge in [-0.15, -0.1) is 0 Å². The maximum Gasteiger partial charge on any atom is 0.296 e. The smallest absolute Gasteiger partial charge is 0.296 e. The topological polar surface area (TPSA) is 100 Å². The van der Waals surface area contributed by atoms with Crippen molar-refractivity contribution in [2.75, 3.05) is 31.5 Å². The number of Topliss-reactive ketones (excluding diaryl/α,β-unsaturated/α-hetero) is 1. The first-order chi connectivity index (χ1) is 24.4. The fourth-order valence-electron chi connectivity index (χ4n) is 6.45. The van der Waals surface area contributed by atoms with E-state index in [0.717, 1.165) is 18.7 Å². The molecule has 0 aliphatic carbocycles. The molecule has 250 valence electrons. The summed E-state index contributed by atoms with van der Waals surface area (Å²) in [5.74, 6) is -1.65. The van der Waals surface area contributed by atoms with Crippen molar-refractivity contribution in [3.05, 3.63) is 160 Å². The second-order valence-electron chi connectivity index (χ2n) is 12.1. The largest absolute Gasteiger partial charge is 0.336 e. The second kappa shape index (κ2) is 14.6. The average molecular weight is 704 g/mol. The number of pyridine rings is 2. The van der Waals surface area contributed by atoms with Crippen LogP contribution in [0.4, 0.5) is 5.69 Å². The van der Waals surface area contributed by atoms with Gasteiger partial charge in [-0.05, 0) is 41.0 Å². The van der Waals surface area contributed by atoms with Crippen molar-refractivity contribution in [3.8, 4) is 0 Å². The normalized spacial score (nSPS) is 13.5. The molecule has 6 aromatic rings. The third-order valence-corrected chi connectivity index (χ3v) is 9.50. The SMILES string of the molecule is O=C(Nc1c(Cl)cncc1Cl)C(=O)c1cn(Cc2ccc(C(=O)N3CCN(C(c4ccccc4)c4ccccc4)CC3)cc2)c2ncccc12. The molecule has 0 radical (unpaired) electrons. The highest BCUT2D eigenvalue weighted by molar-refractivity contribution is 6.50. The minimum atomic E-state index is -0.887. The molecule has 0 spiro atoms. The van der Waals surface area contributed by atoms with Gasteiger partial charge in [0.2, 0.25) is 0 Å². The Labute approximate surface area is 299 Å². The highest BCUT2D eigenvalue weighted by Crippen LogP contribution is 2.31. The van der Waals surface area contributed by atoms with Crippen molar-refractivity contribution in [2.24, 2.45) is 0 Å². The van der Waals surface area contributed by atoms with Crippen molar-refractivity contribution >= 4 is 57.5 Å². The molecule has 1 aliphatic heterocycles. The highest BCUT2D eigenvalue weighted by atomic mass is 35.5. The van der Waals surface area contributed by atoms with E-state index in [9.17, 15) is 14.4 Å². The van der Waals surface area contributed by atoms with Crippen LogP contribution in [0.1, 0.15) is 43.4 Å². The first kappa shape index (κ1) is 33.2. The Morgan fingerprint density at radius 1 is 0.760 bits per heavy atom. The first-order valence-electron chi connectivity index (χ1n) is 16.2. The van der Waals surface area contributed by atoms with Gasteiger partial charge < -0.3 is 14.8 Å². The minimum absolute atomic E-state index is 0.00597. The van der Waals surface area contributed by atoms with Gasteiger partial charge in [-0.2, -0.15) is 0 Å². The minimum Gasteiger partial charge on any atom is -0.336 e. The van der Waals surface area contributed by atoms with Crippen LogP contribution in [0, 0.1) is 0 Å². The molecule has 0 unspecified atom stereocenters. The summed E-state index contributed by atoms with van der Waals surface area (Å²) in [5, 5.41) is 3.28. The Balaban J connectivity index is 1.03. The van der Waals surface area contributed by atoms with E-state index >= 15 is 0 Å². The summed E-state index contributed by atoms with van der Waals surface area (Å²) in [6.45, 7) is 3.14. The Morgan fingerprint density at radius 3 is 2.00 bits per heavy atom. The molecular formula is C39H32Cl2N6O3. The summed E-state index contributed by atoms with van der Waals surface area (Å²) in [6.07, 6.45) is 5.91. The zero-order chi connectivity index (χ0) is 34.6. The Hall–Kier alpha value is -5.35. The van der Waals surface area contributed by atoms with Gasteiger partial charge in [0.15, 0.2) is 0 Å². The molecule has 7 rings (SSSR count). The van der Waals surface area contributed by atoms with Crippen LogP contribution >= 0.6 is 23.2 Å². The van der Waals surface area contributed by atoms with Crippen LogP contribution in [0.5, 0.6) is 0 Å². The van der Waals surface area contributed by atoms with Crippen molar-refractivity contribution in [3.63, 3.8) is 0 Å². The number of rotatable bonds is 9. The third-order valence-electron chi connectivity index (χ3n) is 8.93. The summed E-state index contributed by atoms with van der Waals surface area (Å²) in [7, 11) is 0. The summed E-state index contributed by atoms with van der Waals surface area (Å²) in [6, 6.07) is 32.0. The van der Waals surface area contributed by atoms with Crippen LogP contribution in [-0.4, -0.2) is 68.1 Å². The van der Waals surface area contributed by atoms with Crippen molar-refractivity contribution in [1.29, 1.82) is 0 Å². The third kappa shape index (κ3) is 6.89. The molecule has 4 heterocycles. The second-order valence-corrected chi connectivity index (χ2v) is 12.9. The maximum atomic E-state index is 13.6. The number of benzene rings is 3. The van der Waals surface area contributed by atoms with Gasteiger partial charge in [-0.25, -0.2) is 4.98 Å². The average Bonchev–Trinajstić information content (AvgIpc) is 3.52. The van der Waals surface area contributed by atoms with E-state index < -0.39 is 11.7 Å². The molecule has 1 aliphatic rings. The van der Waals surface area contributed by atoms with Gasteiger partial charge in [0.05, 0.1) is 27.3 Å². The first-order valence-corrected chi connectivity index (χ1v) is 16.9. The standard InChI is InChI=1S/C39H32Cl2N6O3/c40-32-22-42-23-33(41)34(32)44-38(49)36(48)31-25-47(37-30(31)12-7-17-43-37)24-26-13-15-29(16-14-26)39(50)46-20-18-45(19-21-46)35(27-8-3-1-4-9-27)28-10-5-2-6-11-28/h1-17,22-23,25,35H,18-21,24H2,(H,42,44,49). The van der Waals surface area contributed by atoms with E-state index in [0.29, 0.717) is 36.2 Å². The molecular weight excluding hydrogens is 671 g/mol. The number of halogens is 2. The lowest BCUT2D eigenvalue weighted by atomic mass is 9.96. The molecule has 11 heteroatoms. The summed E-state index contributed by atoms with van der Waals surface area (Å²) >= 11 is 12.3. The van der Waals surface area contributed by atoms with Gasteiger partial charge in [-0.1, -0.05) is 96.0 Å². The lowest BCUT2D eigenvalue weighted by Crippen LogP contribution is -2.49. The molecule has 0 saturated carbocycles.